The highest BCUT2D eigenvalue weighted by Gasteiger charge is 2.39. The summed E-state index contributed by atoms with van der Waals surface area (Å²) in [5.41, 5.74) is 0.417. The molecule has 2 unspecified atom stereocenters. The van der Waals surface area contributed by atoms with Gasteiger partial charge in [-0.25, -0.2) is 8.42 Å². The second-order valence-electron chi connectivity index (χ2n) is 5.52. The van der Waals surface area contributed by atoms with Gasteiger partial charge in [0.25, 0.3) is 0 Å². The van der Waals surface area contributed by atoms with Crippen molar-refractivity contribution in [1.29, 1.82) is 5.26 Å². The van der Waals surface area contributed by atoms with E-state index in [1.54, 1.807) is 0 Å². The van der Waals surface area contributed by atoms with E-state index in [0.29, 0.717) is 18.5 Å². The van der Waals surface area contributed by atoms with E-state index in [9.17, 15) is 13.5 Å². The summed E-state index contributed by atoms with van der Waals surface area (Å²) in [6.07, 6.45) is -0.198. The molecular formula is C14H19N3O3S. The summed E-state index contributed by atoms with van der Waals surface area (Å²) >= 11 is 0. The summed E-state index contributed by atoms with van der Waals surface area (Å²) in [6, 6.07) is 7.57. The lowest BCUT2D eigenvalue weighted by Gasteiger charge is -2.26. The Bertz CT molecular complexity index is 634. The number of rotatable bonds is 4. The largest absolute Gasteiger partial charge is 0.392 e. The zero-order valence-electron chi connectivity index (χ0n) is 12.1. The molecule has 21 heavy (non-hydrogen) atoms. The maximum Gasteiger partial charge on any atom is 0.243 e. The lowest BCUT2D eigenvalue weighted by molar-refractivity contribution is 0.188. The van der Waals surface area contributed by atoms with Gasteiger partial charge in [0.2, 0.25) is 10.0 Å². The number of nitrogens with zero attached hydrogens (tertiary/aromatic N) is 3. The van der Waals surface area contributed by atoms with Crippen molar-refractivity contribution in [3.8, 4) is 6.07 Å². The zero-order valence-corrected chi connectivity index (χ0v) is 12.9. The van der Waals surface area contributed by atoms with E-state index >= 15 is 0 Å². The monoisotopic (exact) mass is 309 g/mol. The van der Waals surface area contributed by atoms with E-state index < -0.39 is 16.1 Å². The Morgan fingerprint density at radius 1 is 1.38 bits per heavy atom. The lowest BCUT2D eigenvalue weighted by Crippen LogP contribution is -2.41. The van der Waals surface area contributed by atoms with Crippen LogP contribution in [-0.2, 0) is 10.0 Å². The summed E-state index contributed by atoms with van der Waals surface area (Å²) in [5, 5.41) is 18.6. The Morgan fingerprint density at radius 3 is 2.52 bits per heavy atom. The van der Waals surface area contributed by atoms with E-state index in [1.807, 2.05) is 25.1 Å². The average molecular weight is 309 g/mol. The van der Waals surface area contributed by atoms with Gasteiger partial charge in [0.15, 0.2) is 0 Å². The molecule has 0 spiro atoms. The van der Waals surface area contributed by atoms with Crippen LogP contribution in [0.25, 0.3) is 0 Å². The molecule has 0 aromatic heterocycles. The molecule has 0 radical (unpaired) electrons. The van der Waals surface area contributed by atoms with Crippen LogP contribution < -0.4 is 0 Å². The Morgan fingerprint density at radius 2 is 2.00 bits per heavy atom. The number of hydrogen-bond acceptors (Lipinski definition) is 5. The van der Waals surface area contributed by atoms with Gasteiger partial charge >= 0.3 is 0 Å². The lowest BCUT2D eigenvalue weighted by atomic mass is 10.2. The number of sulfonamides is 1. The molecule has 1 aliphatic rings. The molecule has 0 bridgehead atoms. The van der Waals surface area contributed by atoms with Crippen LogP contribution in [0.1, 0.15) is 12.0 Å². The van der Waals surface area contributed by atoms with Crippen molar-refractivity contribution in [2.75, 3.05) is 27.2 Å². The number of nitriles is 1. The molecule has 6 nitrogen and oxygen atoms in total. The van der Waals surface area contributed by atoms with Crippen LogP contribution in [0.2, 0.25) is 0 Å². The Kier molecular flexibility index (Phi) is 4.64. The molecule has 1 aromatic carbocycles. The molecule has 1 aliphatic heterocycles. The van der Waals surface area contributed by atoms with Gasteiger partial charge in [-0.2, -0.15) is 9.57 Å². The van der Waals surface area contributed by atoms with Crippen LogP contribution in [-0.4, -0.2) is 62.1 Å². The maximum absolute atomic E-state index is 12.7. The van der Waals surface area contributed by atoms with Crippen LogP contribution in [0, 0.1) is 11.3 Å². The third-order valence-electron chi connectivity index (χ3n) is 3.51. The molecule has 2 rings (SSSR count). The predicted octanol–water partition coefficient (Wildman–Crippen LogP) is 0.244. The number of likely N-dealkylation sites (N-methyl/N-ethyl adjacent to an activating group) is 1. The molecule has 1 fully saturated rings. The van der Waals surface area contributed by atoms with Gasteiger partial charge in [-0.05, 0) is 44.8 Å². The van der Waals surface area contributed by atoms with Crippen LogP contribution in [0.4, 0.5) is 0 Å². The maximum atomic E-state index is 12.7. The standard InChI is InChI=1S/C14H19N3O3S/c1-16(2)9-12-7-13(18)10-17(12)21(19,20)14-5-3-11(8-15)4-6-14/h3-6,12-13,18H,7,9-10H2,1-2H3. The first-order chi connectivity index (χ1) is 9.84. The van der Waals surface area contributed by atoms with Crippen LogP contribution >= 0.6 is 0 Å². The second kappa shape index (κ2) is 6.12. The minimum Gasteiger partial charge on any atom is -0.392 e. The molecule has 1 N–H and O–H groups in total. The third-order valence-corrected chi connectivity index (χ3v) is 5.44. The topological polar surface area (TPSA) is 84.6 Å². The van der Waals surface area contributed by atoms with Gasteiger partial charge < -0.3 is 10.0 Å². The van der Waals surface area contributed by atoms with E-state index in [0.717, 1.165) is 0 Å². The van der Waals surface area contributed by atoms with Gasteiger partial charge in [-0.3, -0.25) is 0 Å². The quantitative estimate of drug-likeness (QED) is 0.861. The SMILES string of the molecule is CN(C)CC1CC(O)CN1S(=O)(=O)c1ccc(C#N)cc1. The summed E-state index contributed by atoms with van der Waals surface area (Å²) in [4.78, 5) is 2.06. The van der Waals surface area contributed by atoms with E-state index in [-0.39, 0.29) is 17.5 Å². The van der Waals surface area contributed by atoms with E-state index in [2.05, 4.69) is 0 Å². The number of benzene rings is 1. The molecular weight excluding hydrogens is 290 g/mol. The van der Waals surface area contributed by atoms with Gasteiger partial charge in [0.05, 0.1) is 22.6 Å². The highest BCUT2D eigenvalue weighted by molar-refractivity contribution is 7.89. The molecule has 0 amide bonds. The van der Waals surface area contributed by atoms with Crippen molar-refractivity contribution < 1.29 is 13.5 Å². The van der Waals surface area contributed by atoms with Crippen molar-refractivity contribution in [1.82, 2.24) is 9.21 Å². The summed E-state index contributed by atoms with van der Waals surface area (Å²) in [5.74, 6) is 0. The highest BCUT2D eigenvalue weighted by atomic mass is 32.2. The molecule has 0 aliphatic carbocycles. The zero-order chi connectivity index (χ0) is 15.6. The predicted molar refractivity (Wildman–Crippen MR) is 78.0 cm³/mol. The normalized spacial score (nSPS) is 23.4. The van der Waals surface area contributed by atoms with Gasteiger partial charge in [-0.15, -0.1) is 0 Å². The van der Waals surface area contributed by atoms with E-state index in [4.69, 9.17) is 5.26 Å². The van der Waals surface area contributed by atoms with Crippen molar-refractivity contribution in [3.63, 3.8) is 0 Å². The van der Waals surface area contributed by atoms with Crippen LogP contribution in [0.5, 0.6) is 0 Å². The second-order valence-corrected chi connectivity index (χ2v) is 7.41. The molecule has 1 saturated heterocycles. The minimum absolute atomic E-state index is 0.112. The molecule has 114 valence electrons. The fourth-order valence-electron chi connectivity index (χ4n) is 2.58. The van der Waals surface area contributed by atoms with Gasteiger partial charge in [0.1, 0.15) is 0 Å². The van der Waals surface area contributed by atoms with Crippen LogP contribution in [0.15, 0.2) is 29.2 Å². The van der Waals surface area contributed by atoms with Crippen molar-refractivity contribution >= 4 is 10.0 Å². The summed E-state index contributed by atoms with van der Waals surface area (Å²) < 4.78 is 26.7. The number of aliphatic hydroxyl groups is 1. The summed E-state index contributed by atoms with van der Waals surface area (Å²) in [6.45, 7) is 0.674. The average Bonchev–Trinajstić information content (AvgIpc) is 2.79. The van der Waals surface area contributed by atoms with Gasteiger partial charge in [0, 0.05) is 19.1 Å². The number of aliphatic hydroxyl groups excluding tert-OH is 1. The van der Waals surface area contributed by atoms with E-state index in [1.165, 1.54) is 28.6 Å². The van der Waals surface area contributed by atoms with Gasteiger partial charge in [-0.1, -0.05) is 0 Å². The molecule has 1 aromatic rings. The number of hydrogen-bond donors (Lipinski definition) is 1. The Labute approximate surface area is 125 Å². The molecule has 1 heterocycles. The number of β-amino-alcohol motifs (C(OH)–C–C–N with tert-alkyl or cyclic N) is 1. The first-order valence-electron chi connectivity index (χ1n) is 6.69. The van der Waals surface area contributed by atoms with Crippen molar-refractivity contribution in [2.24, 2.45) is 0 Å². The van der Waals surface area contributed by atoms with Crippen molar-refractivity contribution in [2.45, 2.75) is 23.5 Å². The Balaban J connectivity index is 2.30. The van der Waals surface area contributed by atoms with Crippen molar-refractivity contribution in [3.05, 3.63) is 29.8 Å². The Hall–Kier alpha value is -1.46. The van der Waals surface area contributed by atoms with Crippen LogP contribution in [0.3, 0.4) is 0 Å². The minimum atomic E-state index is -3.65. The fraction of sp³-hybridized carbons (Fsp3) is 0.500. The molecule has 7 heteroatoms. The fourth-order valence-corrected chi connectivity index (χ4v) is 4.25. The first-order valence-corrected chi connectivity index (χ1v) is 8.13. The smallest absolute Gasteiger partial charge is 0.243 e. The molecule has 2 atom stereocenters. The third kappa shape index (κ3) is 3.41. The summed E-state index contributed by atoms with van der Waals surface area (Å²) in [7, 11) is 0.0903. The molecule has 0 saturated carbocycles. The highest BCUT2D eigenvalue weighted by Crippen LogP contribution is 2.26. The first kappa shape index (κ1) is 15.9.